The number of aromatic carboxylic acids is 1. The Hall–Kier alpha value is -1.43. The molecule has 0 radical (unpaired) electrons. The molecule has 0 spiro atoms. The van der Waals surface area contributed by atoms with Crippen LogP contribution >= 0.6 is 11.3 Å². The van der Waals surface area contributed by atoms with E-state index in [-0.39, 0.29) is 16.6 Å². The lowest BCUT2D eigenvalue weighted by molar-refractivity contribution is 0.0691. The standard InChI is InChI=1S/C11H16N2O3S/c1-3-4-5-6-13(2)10(14)9-12-8(7-17-9)11(15)16/h7H,3-6H2,1-2H3,(H,15,16). The fraction of sp³-hybridized carbons (Fsp3) is 0.545. The molecule has 17 heavy (non-hydrogen) atoms. The van der Waals surface area contributed by atoms with Gasteiger partial charge in [-0.2, -0.15) is 0 Å². The SMILES string of the molecule is CCCCCN(C)C(=O)c1nc(C(=O)O)cs1. The second-order valence-electron chi connectivity index (χ2n) is 3.78. The third-order valence-corrected chi connectivity index (χ3v) is 3.18. The molecule has 5 nitrogen and oxygen atoms in total. The monoisotopic (exact) mass is 256 g/mol. The van der Waals surface area contributed by atoms with Crippen LogP contribution in [0.5, 0.6) is 0 Å². The summed E-state index contributed by atoms with van der Waals surface area (Å²) < 4.78 is 0. The average molecular weight is 256 g/mol. The van der Waals surface area contributed by atoms with Gasteiger partial charge in [0, 0.05) is 19.0 Å². The van der Waals surface area contributed by atoms with Crippen molar-refractivity contribution < 1.29 is 14.7 Å². The number of thiazole rings is 1. The molecule has 0 aromatic carbocycles. The lowest BCUT2D eigenvalue weighted by atomic mass is 10.2. The quantitative estimate of drug-likeness (QED) is 0.791. The van der Waals surface area contributed by atoms with Crippen LogP contribution in [0.4, 0.5) is 0 Å². The second-order valence-corrected chi connectivity index (χ2v) is 4.63. The highest BCUT2D eigenvalue weighted by atomic mass is 32.1. The number of aromatic nitrogens is 1. The van der Waals surface area contributed by atoms with Gasteiger partial charge in [-0.25, -0.2) is 9.78 Å². The van der Waals surface area contributed by atoms with E-state index >= 15 is 0 Å². The molecule has 1 N–H and O–H groups in total. The van der Waals surface area contributed by atoms with Gasteiger partial charge in [0.1, 0.15) is 0 Å². The molecule has 0 saturated heterocycles. The average Bonchev–Trinajstić information content (AvgIpc) is 2.77. The van der Waals surface area contributed by atoms with E-state index < -0.39 is 5.97 Å². The Kier molecular flexibility index (Phi) is 5.09. The van der Waals surface area contributed by atoms with Crippen LogP contribution in [0, 0.1) is 0 Å². The largest absolute Gasteiger partial charge is 0.476 e. The van der Waals surface area contributed by atoms with Gasteiger partial charge in [-0.1, -0.05) is 19.8 Å². The summed E-state index contributed by atoms with van der Waals surface area (Å²) in [7, 11) is 1.71. The number of hydrogen-bond acceptors (Lipinski definition) is 4. The Labute approximate surface area is 104 Å². The third kappa shape index (κ3) is 3.81. The summed E-state index contributed by atoms with van der Waals surface area (Å²) in [5.41, 5.74) is -0.0692. The van der Waals surface area contributed by atoms with E-state index in [0.29, 0.717) is 6.54 Å². The van der Waals surface area contributed by atoms with Crippen LogP contribution < -0.4 is 0 Å². The van der Waals surface area contributed by atoms with E-state index in [1.54, 1.807) is 11.9 Å². The summed E-state index contributed by atoms with van der Waals surface area (Å²) in [6.45, 7) is 2.77. The number of carbonyl (C=O) groups is 2. The van der Waals surface area contributed by atoms with Gasteiger partial charge in [0.05, 0.1) is 0 Å². The number of amides is 1. The summed E-state index contributed by atoms with van der Waals surface area (Å²) in [6, 6.07) is 0. The van der Waals surface area contributed by atoms with Gasteiger partial charge in [-0.3, -0.25) is 4.79 Å². The maximum Gasteiger partial charge on any atom is 0.355 e. The van der Waals surface area contributed by atoms with Crippen LogP contribution in [0.25, 0.3) is 0 Å². The van der Waals surface area contributed by atoms with Gasteiger partial charge >= 0.3 is 5.97 Å². The number of carboxylic acids is 1. The molecule has 0 bridgehead atoms. The molecule has 0 atom stereocenters. The van der Waals surface area contributed by atoms with Crippen LogP contribution in [-0.4, -0.2) is 40.5 Å². The number of hydrogen-bond donors (Lipinski definition) is 1. The summed E-state index contributed by atoms with van der Waals surface area (Å²) in [5.74, 6) is -1.31. The minimum atomic E-state index is -1.10. The fourth-order valence-electron chi connectivity index (χ4n) is 1.33. The second kappa shape index (κ2) is 6.34. The van der Waals surface area contributed by atoms with Gasteiger partial charge in [-0.05, 0) is 6.42 Å². The van der Waals surface area contributed by atoms with E-state index in [4.69, 9.17) is 5.11 Å². The molecule has 1 amide bonds. The Morgan fingerprint density at radius 3 is 2.71 bits per heavy atom. The third-order valence-electron chi connectivity index (χ3n) is 2.35. The number of carboxylic acid groups (broad SMARTS) is 1. The fourth-order valence-corrected chi connectivity index (χ4v) is 2.12. The predicted octanol–water partition coefficient (Wildman–Crippen LogP) is 2.10. The van der Waals surface area contributed by atoms with Crippen LogP contribution in [0.1, 0.15) is 46.5 Å². The number of carbonyl (C=O) groups excluding carboxylic acids is 1. The van der Waals surface area contributed by atoms with Crippen molar-refractivity contribution in [1.29, 1.82) is 0 Å². The number of rotatable bonds is 6. The van der Waals surface area contributed by atoms with Gasteiger partial charge in [0.2, 0.25) is 0 Å². The molecular formula is C11H16N2O3S. The Morgan fingerprint density at radius 2 is 2.18 bits per heavy atom. The first-order valence-corrected chi connectivity index (χ1v) is 6.38. The Bertz CT molecular complexity index is 403. The van der Waals surface area contributed by atoms with Crippen LogP contribution in [0.15, 0.2) is 5.38 Å². The summed E-state index contributed by atoms with van der Waals surface area (Å²) in [5, 5.41) is 10.3. The highest BCUT2D eigenvalue weighted by Crippen LogP contribution is 2.12. The summed E-state index contributed by atoms with van der Waals surface area (Å²) in [6.07, 6.45) is 3.13. The van der Waals surface area contributed by atoms with Crippen molar-refractivity contribution in [3.8, 4) is 0 Å². The normalized spacial score (nSPS) is 10.2. The zero-order chi connectivity index (χ0) is 12.8. The zero-order valence-corrected chi connectivity index (χ0v) is 10.8. The summed E-state index contributed by atoms with van der Waals surface area (Å²) in [4.78, 5) is 27.9. The maximum atomic E-state index is 11.9. The Balaban J connectivity index is 2.58. The minimum absolute atomic E-state index is 0.0692. The van der Waals surface area contributed by atoms with E-state index in [1.807, 2.05) is 0 Å². The van der Waals surface area contributed by atoms with Crippen LogP contribution in [0.3, 0.4) is 0 Å². The molecule has 1 heterocycles. The highest BCUT2D eigenvalue weighted by Gasteiger charge is 2.17. The van der Waals surface area contributed by atoms with Crippen molar-refractivity contribution in [3.05, 3.63) is 16.1 Å². The molecule has 0 saturated carbocycles. The first-order chi connectivity index (χ1) is 8.06. The predicted molar refractivity (Wildman–Crippen MR) is 65.6 cm³/mol. The van der Waals surface area contributed by atoms with Crippen molar-refractivity contribution in [1.82, 2.24) is 9.88 Å². The Morgan fingerprint density at radius 1 is 1.47 bits per heavy atom. The summed E-state index contributed by atoms with van der Waals surface area (Å²) >= 11 is 1.07. The van der Waals surface area contributed by atoms with Gasteiger partial charge in [0.25, 0.3) is 5.91 Å². The molecule has 1 aromatic heterocycles. The molecule has 1 rings (SSSR count). The topological polar surface area (TPSA) is 70.5 Å². The lowest BCUT2D eigenvalue weighted by Gasteiger charge is -2.14. The van der Waals surface area contributed by atoms with Gasteiger partial charge < -0.3 is 10.0 Å². The molecule has 94 valence electrons. The van der Waals surface area contributed by atoms with Gasteiger partial charge in [0.15, 0.2) is 10.7 Å². The molecule has 1 aromatic rings. The highest BCUT2D eigenvalue weighted by molar-refractivity contribution is 7.11. The molecule has 0 aliphatic heterocycles. The molecule has 0 aliphatic carbocycles. The molecule has 0 unspecified atom stereocenters. The molecular weight excluding hydrogens is 240 g/mol. The lowest BCUT2D eigenvalue weighted by Crippen LogP contribution is -2.27. The van der Waals surface area contributed by atoms with Crippen molar-refractivity contribution in [3.63, 3.8) is 0 Å². The number of nitrogens with zero attached hydrogens (tertiary/aromatic N) is 2. The first kappa shape index (κ1) is 13.6. The number of unbranched alkanes of at least 4 members (excludes halogenated alkanes) is 2. The van der Waals surface area contributed by atoms with E-state index in [2.05, 4.69) is 11.9 Å². The van der Waals surface area contributed by atoms with Crippen molar-refractivity contribution in [2.45, 2.75) is 26.2 Å². The van der Waals surface area contributed by atoms with Crippen molar-refractivity contribution in [2.24, 2.45) is 0 Å². The zero-order valence-electron chi connectivity index (χ0n) is 9.97. The van der Waals surface area contributed by atoms with Gasteiger partial charge in [-0.15, -0.1) is 11.3 Å². The smallest absolute Gasteiger partial charge is 0.355 e. The van der Waals surface area contributed by atoms with Crippen molar-refractivity contribution in [2.75, 3.05) is 13.6 Å². The van der Waals surface area contributed by atoms with E-state index in [0.717, 1.165) is 30.6 Å². The minimum Gasteiger partial charge on any atom is -0.476 e. The van der Waals surface area contributed by atoms with E-state index in [9.17, 15) is 9.59 Å². The van der Waals surface area contributed by atoms with Crippen molar-refractivity contribution >= 4 is 23.2 Å². The molecule has 0 aliphatic rings. The maximum absolute atomic E-state index is 11.9. The van der Waals surface area contributed by atoms with E-state index in [1.165, 1.54) is 5.38 Å². The molecule has 6 heteroatoms. The van der Waals surface area contributed by atoms with Crippen LogP contribution in [-0.2, 0) is 0 Å². The molecule has 0 fully saturated rings. The first-order valence-electron chi connectivity index (χ1n) is 5.50. The van der Waals surface area contributed by atoms with Crippen LogP contribution in [0.2, 0.25) is 0 Å².